The average molecular weight is 547 g/mol. The predicted molar refractivity (Wildman–Crippen MR) is 164 cm³/mol. The highest BCUT2D eigenvalue weighted by Gasteiger charge is 2.56. The first kappa shape index (κ1) is 25.9. The number of ether oxygens (including phenoxy) is 1. The van der Waals surface area contributed by atoms with E-state index in [1.54, 1.807) is 6.92 Å². The summed E-state index contributed by atoms with van der Waals surface area (Å²) in [5.41, 5.74) is 9.09. The van der Waals surface area contributed by atoms with Crippen LogP contribution in [-0.2, 0) is 14.5 Å². The summed E-state index contributed by atoms with van der Waals surface area (Å²) in [6.07, 6.45) is 0. The molecule has 40 heavy (non-hydrogen) atoms. The number of rotatable bonds is 5. The van der Waals surface area contributed by atoms with Crippen LogP contribution in [0.25, 0.3) is 0 Å². The van der Waals surface area contributed by atoms with Gasteiger partial charge in [-0.25, -0.2) is 14.8 Å². The van der Waals surface area contributed by atoms with Crippen LogP contribution in [0.2, 0.25) is 0 Å². The van der Waals surface area contributed by atoms with Crippen molar-refractivity contribution in [3.63, 3.8) is 0 Å². The van der Waals surface area contributed by atoms with Gasteiger partial charge in [0.1, 0.15) is 0 Å². The fourth-order valence-corrected chi connectivity index (χ4v) is 6.44. The second-order valence-corrected chi connectivity index (χ2v) is 11.1. The van der Waals surface area contributed by atoms with Crippen LogP contribution in [0.3, 0.4) is 0 Å². The predicted octanol–water partition coefficient (Wildman–Crippen LogP) is 7.12. The lowest BCUT2D eigenvalue weighted by Crippen LogP contribution is -2.54. The van der Waals surface area contributed by atoms with Crippen molar-refractivity contribution in [3.05, 3.63) is 130 Å². The first-order valence-corrected chi connectivity index (χ1v) is 14.2. The smallest absolute Gasteiger partial charge is 0.365 e. The third-order valence-electron chi connectivity index (χ3n) is 7.11. The molecule has 2 aliphatic rings. The van der Waals surface area contributed by atoms with Crippen molar-refractivity contribution in [2.45, 2.75) is 32.7 Å². The molecule has 0 fully saturated rings. The highest BCUT2D eigenvalue weighted by atomic mass is 32.2. The Balaban J connectivity index is 1.66. The number of benzene rings is 4. The molecule has 1 spiro atoms. The molecule has 0 aliphatic carbocycles. The third kappa shape index (κ3) is 4.27. The van der Waals surface area contributed by atoms with Gasteiger partial charge in [0.25, 0.3) is 0 Å². The number of thioether (sulfide) groups is 1. The van der Waals surface area contributed by atoms with Crippen LogP contribution in [0.5, 0.6) is 0 Å². The SMILES string of the molecule is CCOC(=O)C1=NN(c2ccc(C)cc2)C2(S1)c1ccccc1C(c1cc(C)ccc1C)=NN2c1ccccc1. The molecule has 0 amide bonds. The quantitative estimate of drug-likeness (QED) is 0.249. The maximum Gasteiger partial charge on any atom is 0.365 e. The number of carbonyl (C=O) groups is 1. The van der Waals surface area contributed by atoms with E-state index in [1.807, 2.05) is 64.6 Å². The van der Waals surface area contributed by atoms with Gasteiger partial charge < -0.3 is 4.74 Å². The van der Waals surface area contributed by atoms with Gasteiger partial charge in [-0.1, -0.05) is 77.9 Å². The first-order valence-electron chi connectivity index (χ1n) is 13.4. The van der Waals surface area contributed by atoms with Gasteiger partial charge in [-0.05, 0) is 75.4 Å². The molecule has 7 heteroatoms. The number of hydrazone groups is 2. The van der Waals surface area contributed by atoms with E-state index in [1.165, 1.54) is 11.8 Å². The normalized spacial score (nSPS) is 17.9. The number of esters is 1. The van der Waals surface area contributed by atoms with Gasteiger partial charge in [0.2, 0.25) is 10.0 Å². The summed E-state index contributed by atoms with van der Waals surface area (Å²) in [5, 5.41) is 14.5. The second kappa shape index (κ2) is 10.3. The lowest BCUT2D eigenvalue weighted by Gasteiger charge is -2.47. The van der Waals surface area contributed by atoms with Crippen molar-refractivity contribution in [2.75, 3.05) is 16.6 Å². The molecule has 200 valence electrons. The third-order valence-corrected chi connectivity index (χ3v) is 8.41. The largest absolute Gasteiger partial charge is 0.461 e. The Bertz CT molecular complexity index is 1650. The zero-order valence-corrected chi connectivity index (χ0v) is 23.8. The molecule has 1 unspecified atom stereocenters. The number of fused-ring (bicyclic) bond motifs is 2. The Morgan fingerprint density at radius 2 is 1.43 bits per heavy atom. The molecule has 4 aromatic carbocycles. The average Bonchev–Trinajstić information content (AvgIpc) is 3.37. The fraction of sp³-hybridized carbons (Fsp3) is 0.182. The van der Waals surface area contributed by atoms with Crippen LogP contribution in [-0.4, -0.2) is 23.3 Å². The number of hydrogen-bond acceptors (Lipinski definition) is 7. The summed E-state index contributed by atoms with van der Waals surface area (Å²) in [6.45, 7) is 8.34. The van der Waals surface area contributed by atoms with E-state index in [9.17, 15) is 4.79 Å². The van der Waals surface area contributed by atoms with Crippen molar-refractivity contribution in [1.82, 2.24) is 0 Å². The lowest BCUT2D eigenvalue weighted by atomic mass is 9.90. The Morgan fingerprint density at radius 1 is 0.775 bits per heavy atom. The summed E-state index contributed by atoms with van der Waals surface area (Å²) in [5.74, 6) is -0.448. The van der Waals surface area contributed by atoms with Crippen molar-refractivity contribution in [3.8, 4) is 0 Å². The van der Waals surface area contributed by atoms with E-state index in [2.05, 4.69) is 63.2 Å². The van der Waals surface area contributed by atoms with Gasteiger partial charge in [0.05, 0.1) is 23.7 Å². The molecule has 6 nitrogen and oxygen atoms in total. The van der Waals surface area contributed by atoms with Crippen LogP contribution in [0.4, 0.5) is 11.4 Å². The maximum absolute atomic E-state index is 13.2. The van der Waals surface area contributed by atoms with Crippen molar-refractivity contribution >= 4 is 39.9 Å². The number of carbonyl (C=O) groups excluding carboxylic acids is 1. The molecule has 0 saturated heterocycles. The van der Waals surface area contributed by atoms with Gasteiger partial charge in [-0.3, -0.25) is 0 Å². The summed E-state index contributed by atoms with van der Waals surface area (Å²) < 4.78 is 5.44. The van der Waals surface area contributed by atoms with E-state index >= 15 is 0 Å². The van der Waals surface area contributed by atoms with Crippen LogP contribution in [0.1, 0.15) is 40.3 Å². The zero-order chi connectivity index (χ0) is 27.9. The highest BCUT2D eigenvalue weighted by Crippen LogP contribution is 2.55. The van der Waals surface area contributed by atoms with E-state index in [0.29, 0.717) is 0 Å². The molecule has 6 rings (SSSR count). The fourth-order valence-electron chi connectivity index (χ4n) is 5.15. The highest BCUT2D eigenvalue weighted by molar-refractivity contribution is 8.16. The molecule has 2 heterocycles. The van der Waals surface area contributed by atoms with E-state index in [4.69, 9.17) is 14.9 Å². The molecule has 0 saturated carbocycles. The van der Waals surface area contributed by atoms with Crippen LogP contribution >= 0.6 is 11.8 Å². The van der Waals surface area contributed by atoms with E-state index < -0.39 is 11.0 Å². The monoisotopic (exact) mass is 546 g/mol. The molecular weight excluding hydrogens is 516 g/mol. The molecule has 0 radical (unpaired) electrons. The van der Waals surface area contributed by atoms with Crippen LogP contribution in [0.15, 0.2) is 107 Å². The van der Waals surface area contributed by atoms with E-state index in [-0.39, 0.29) is 11.7 Å². The molecule has 2 aliphatic heterocycles. The number of nitrogens with zero attached hydrogens (tertiary/aromatic N) is 4. The number of hydrogen-bond donors (Lipinski definition) is 0. The summed E-state index contributed by atoms with van der Waals surface area (Å²) in [4.78, 5) is 12.2. The van der Waals surface area contributed by atoms with Crippen LogP contribution in [0, 0.1) is 20.8 Å². The minimum Gasteiger partial charge on any atom is -0.461 e. The Morgan fingerprint density at radius 3 is 2.17 bits per heavy atom. The number of aryl methyl sites for hydroxylation is 3. The number of anilines is 2. The molecule has 4 aromatic rings. The zero-order valence-electron chi connectivity index (χ0n) is 23.0. The van der Waals surface area contributed by atoms with Gasteiger partial charge >= 0.3 is 5.97 Å². The summed E-state index contributed by atoms with van der Waals surface area (Å²) in [6, 6.07) is 33.0. The topological polar surface area (TPSA) is 57.5 Å². The first-order chi connectivity index (χ1) is 19.4. The molecule has 0 aromatic heterocycles. The minimum absolute atomic E-state index is 0.268. The molecule has 1 atom stereocenters. The maximum atomic E-state index is 13.2. The molecular formula is C33H30N4O2S. The van der Waals surface area contributed by atoms with Crippen LogP contribution < -0.4 is 10.0 Å². The minimum atomic E-state index is -1.02. The Hall–Kier alpha value is -4.36. The summed E-state index contributed by atoms with van der Waals surface area (Å²) in [7, 11) is 0. The summed E-state index contributed by atoms with van der Waals surface area (Å²) >= 11 is 1.36. The molecule has 0 bridgehead atoms. The van der Waals surface area contributed by atoms with Gasteiger partial charge in [0.15, 0.2) is 0 Å². The van der Waals surface area contributed by atoms with Gasteiger partial charge in [-0.15, -0.1) is 0 Å². The Kier molecular flexibility index (Phi) is 6.68. The van der Waals surface area contributed by atoms with Crippen molar-refractivity contribution in [2.24, 2.45) is 10.2 Å². The lowest BCUT2D eigenvalue weighted by molar-refractivity contribution is -0.134. The Labute approximate surface area is 239 Å². The standard InChI is InChI=1S/C33H30N4O2S/c1-5-39-32(38)31-35-37(26-19-16-22(2)17-20-26)33(40-31)29-14-10-9-13-27(29)30(28-21-23(3)15-18-24(28)4)34-36(33)25-11-7-6-8-12-25/h6-21H,5H2,1-4H3. The second-order valence-electron chi connectivity index (χ2n) is 9.94. The molecule has 0 N–H and O–H groups in total. The van der Waals surface area contributed by atoms with Crippen molar-refractivity contribution < 1.29 is 9.53 Å². The van der Waals surface area contributed by atoms with Crippen molar-refractivity contribution in [1.29, 1.82) is 0 Å². The van der Waals surface area contributed by atoms with Gasteiger partial charge in [0, 0.05) is 16.7 Å². The number of para-hydroxylation sites is 1. The van der Waals surface area contributed by atoms with Gasteiger partial charge in [-0.2, -0.15) is 10.2 Å². The van der Waals surface area contributed by atoms with E-state index in [0.717, 1.165) is 50.5 Å².